The fourth-order valence-corrected chi connectivity index (χ4v) is 5.10. The fraction of sp³-hybridized carbons (Fsp3) is 0.214. The highest BCUT2D eigenvalue weighted by molar-refractivity contribution is 6.06. The van der Waals surface area contributed by atoms with Crippen molar-refractivity contribution in [3.05, 3.63) is 120 Å². The SMILES string of the molecule is O=C1[C@@H]2[C@H](C(=O)N1CCc1ccccc1)[C@H](c1ccccc1)C=C[C@H]2c1ccccc1. The summed E-state index contributed by atoms with van der Waals surface area (Å²) in [6, 6.07) is 30.2. The molecule has 3 nitrogen and oxygen atoms in total. The Morgan fingerprint density at radius 3 is 1.45 bits per heavy atom. The van der Waals surface area contributed by atoms with Gasteiger partial charge in [0.2, 0.25) is 11.8 Å². The van der Waals surface area contributed by atoms with Crippen LogP contribution in [0.25, 0.3) is 0 Å². The molecule has 0 N–H and O–H groups in total. The standard InChI is InChI=1S/C28H25NO2/c30-27-25-23(21-12-6-2-7-13-21)16-17-24(22-14-8-3-9-15-22)26(25)28(31)29(27)19-18-20-10-4-1-5-11-20/h1-17,23-26H,18-19H2/t23-,24-,25-,26+/m0/s1. The molecule has 0 spiro atoms. The number of rotatable bonds is 5. The van der Waals surface area contributed by atoms with E-state index >= 15 is 0 Å². The van der Waals surface area contributed by atoms with E-state index in [2.05, 4.69) is 36.4 Å². The van der Waals surface area contributed by atoms with Gasteiger partial charge in [0.25, 0.3) is 0 Å². The lowest BCUT2D eigenvalue weighted by Gasteiger charge is -2.32. The third kappa shape index (κ3) is 3.61. The Hall–Kier alpha value is -3.46. The molecule has 1 fully saturated rings. The van der Waals surface area contributed by atoms with E-state index in [1.807, 2.05) is 66.7 Å². The maximum Gasteiger partial charge on any atom is 0.234 e. The lowest BCUT2D eigenvalue weighted by Crippen LogP contribution is -2.33. The summed E-state index contributed by atoms with van der Waals surface area (Å²) >= 11 is 0. The van der Waals surface area contributed by atoms with Crippen molar-refractivity contribution in [3.63, 3.8) is 0 Å². The van der Waals surface area contributed by atoms with Crippen LogP contribution in [0.15, 0.2) is 103 Å². The molecule has 31 heavy (non-hydrogen) atoms. The minimum absolute atomic E-state index is 0.0370. The number of likely N-dealkylation sites (tertiary alicyclic amines) is 1. The topological polar surface area (TPSA) is 37.4 Å². The van der Waals surface area contributed by atoms with Gasteiger partial charge in [0, 0.05) is 18.4 Å². The predicted molar refractivity (Wildman–Crippen MR) is 121 cm³/mol. The van der Waals surface area contributed by atoms with Gasteiger partial charge in [-0.05, 0) is 23.1 Å². The van der Waals surface area contributed by atoms with Crippen molar-refractivity contribution >= 4 is 11.8 Å². The van der Waals surface area contributed by atoms with E-state index in [4.69, 9.17) is 0 Å². The van der Waals surface area contributed by atoms with Crippen LogP contribution >= 0.6 is 0 Å². The number of imide groups is 1. The molecule has 0 unspecified atom stereocenters. The van der Waals surface area contributed by atoms with E-state index in [0.717, 1.165) is 16.7 Å². The molecule has 1 aliphatic carbocycles. The molecular weight excluding hydrogens is 382 g/mol. The molecule has 154 valence electrons. The Bertz CT molecular complexity index is 1020. The molecule has 3 aromatic carbocycles. The Kier molecular flexibility index (Phi) is 5.25. The number of benzene rings is 3. The van der Waals surface area contributed by atoms with Gasteiger partial charge in [0.1, 0.15) is 0 Å². The van der Waals surface area contributed by atoms with E-state index in [1.165, 1.54) is 4.90 Å². The highest BCUT2D eigenvalue weighted by Gasteiger charge is 2.54. The zero-order chi connectivity index (χ0) is 21.2. The van der Waals surface area contributed by atoms with Crippen LogP contribution in [0.5, 0.6) is 0 Å². The number of amides is 2. The van der Waals surface area contributed by atoms with Gasteiger partial charge in [0.15, 0.2) is 0 Å². The monoisotopic (exact) mass is 407 g/mol. The van der Waals surface area contributed by atoms with E-state index in [9.17, 15) is 9.59 Å². The van der Waals surface area contributed by atoms with Crippen molar-refractivity contribution < 1.29 is 9.59 Å². The van der Waals surface area contributed by atoms with Crippen molar-refractivity contribution in [1.29, 1.82) is 0 Å². The number of carbonyl (C=O) groups excluding carboxylic acids is 2. The van der Waals surface area contributed by atoms with Crippen LogP contribution in [0, 0.1) is 11.8 Å². The average molecular weight is 408 g/mol. The summed E-state index contributed by atoms with van der Waals surface area (Å²) in [5.41, 5.74) is 3.31. The summed E-state index contributed by atoms with van der Waals surface area (Å²) in [5.74, 6) is -0.953. The van der Waals surface area contributed by atoms with Crippen molar-refractivity contribution in [1.82, 2.24) is 4.90 Å². The van der Waals surface area contributed by atoms with Crippen LogP contribution in [0.4, 0.5) is 0 Å². The third-order valence-corrected chi connectivity index (χ3v) is 6.62. The molecule has 5 rings (SSSR count). The van der Waals surface area contributed by atoms with E-state index < -0.39 is 0 Å². The second kappa shape index (κ2) is 8.35. The van der Waals surface area contributed by atoms with Crippen LogP contribution in [0.1, 0.15) is 28.5 Å². The Morgan fingerprint density at radius 2 is 1.00 bits per heavy atom. The van der Waals surface area contributed by atoms with E-state index in [1.54, 1.807) is 0 Å². The Labute approximate surface area is 183 Å². The molecule has 1 heterocycles. The van der Waals surface area contributed by atoms with Crippen LogP contribution in [0.3, 0.4) is 0 Å². The first-order valence-corrected chi connectivity index (χ1v) is 10.9. The molecule has 1 aliphatic heterocycles. The minimum atomic E-state index is -0.360. The molecule has 0 radical (unpaired) electrons. The van der Waals surface area contributed by atoms with Crippen LogP contribution in [0.2, 0.25) is 0 Å². The minimum Gasteiger partial charge on any atom is -0.282 e. The smallest absolute Gasteiger partial charge is 0.234 e. The number of carbonyl (C=O) groups is 2. The highest BCUT2D eigenvalue weighted by Crippen LogP contribution is 2.49. The first-order chi connectivity index (χ1) is 15.2. The van der Waals surface area contributed by atoms with Crippen molar-refractivity contribution in [2.45, 2.75) is 18.3 Å². The lowest BCUT2D eigenvalue weighted by atomic mass is 9.68. The molecule has 4 atom stereocenters. The number of allylic oxidation sites excluding steroid dienone is 2. The normalized spacial score (nSPS) is 25.0. The number of fused-ring (bicyclic) bond motifs is 1. The summed E-state index contributed by atoms with van der Waals surface area (Å²) in [6.45, 7) is 0.428. The van der Waals surface area contributed by atoms with Crippen molar-refractivity contribution in [2.24, 2.45) is 11.8 Å². The van der Waals surface area contributed by atoms with Crippen molar-refractivity contribution in [2.75, 3.05) is 6.54 Å². The predicted octanol–water partition coefficient (Wildman–Crippen LogP) is 4.97. The van der Waals surface area contributed by atoms with Crippen molar-refractivity contribution in [3.8, 4) is 0 Å². The molecule has 1 saturated heterocycles. The zero-order valence-corrected chi connectivity index (χ0v) is 17.3. The molecule has 0 bridgehead atoms. The van der Waals surface area contributed by atoms with Gasteiger partial charge in [0.05, 0.1) is 11.8 Å². The summed E-state index contributed by atoms with van der Waals surface area (Å²) in [6.07, 6.45) is 4.96. The lowest BCUT2D eigenvalue weighted by molar-refractivity contribution is -0.139. The van der Waals surface area contributed by atoms with Gasteiger partial charge >= 0.3 is 0 Å². The number of nitrogens with zero attached hydrogens (tertiary/aromatic N) is 1. The molecule has 2 amide bonds. The van der Waals surface area contributed by atoms with Gasteiger partial charge in [-0.1, -0.05) is 103 Å². The number of hydrogen-bond acceptors (Lipinski definition) is 2. The molecular formula is C28H25NO2. The first kappa shape index (κ1) is 19.5. The molecule has 3 heteroatoms. The largest absolute Gasteiger partial charge is 0.282 e. The van der Waals surface area contributed by atoms with Crippen LogP contribution in [-0.4, -0.2) is 23.3 Å². The second-order valence-corrected chi connectivity index (χ2v) is 8.37. The summed E-state index contributed by atoms with van der Waals surface area (Å²) in [5, 5.41) is 0. The van der Waals surface area contributed by atoms with Gasteiger partial charge in [-0.3, -0.25) is 14.5 Å². The molecule has 0 aromatic heterocycles. The van der Waals surface area contributed by atoms with Crippen LogP contribution in [-0.2, 0) is 16.0 Å². The number of hydrogen-bond donors (Lipinski definition) is 0. The van der Waals surface area contributed by atoms with Gasteiger partial charge in [-0.25, -0.2) is 0 Å². The highest BCUT2D eigenvalue weighted by atomic mass is 16.2. The van der Waals surface area contributed by atoms with E-state index in [0.29, 0.717) is 13.0 Å². The average Bonchev–Trinajstić information content (AvgIpc) is 3.09. The molecule has 0 saturated carbocycles. The summed E-state index contributed by atoms with van der Waals surface area (Å²) in [7, 11) is 0. The first-order valence-electron chi connectivity index (χ1n) is 10.9. The molecule has 2 aliphatic rings. The summed E-state index contributed by atoms with van der Waals surface area (Å²) in [4.78, 5) is 28.7. The second-order valence-electron chi connectivity index (χ2n) is 8.37. The van der Waals surface area contributed by atoms with E-state index in [-0.39, 0.29) is 35.5 Å². The van der Waals surface area contributed by atoms with Gasteiger partial charge < -0.3 is 0 Å². The van der Waals surface area contributed by atoms with Gasteiger partial charge in [-0.2, -0.15) is 0 Å². The maximum absolute atomic E-state index is 13.6. The van der Waals surface area contributed by atoms with Gasteiger partial charge in [-0.15, -0.1) is 0 Å². The maximum atomic E-state index is 13.6. The Morgan fingerprint density at radius 1 is 0.581 bits per heavy atom. The fourth-order valence-electron chi connectivity index (χ4n) is 5.10. The quantitative estimate of drug-likeness (QED) is 0.442. The Balaban J connectivity index is 1.50. The molecule has 3 aromatic rings. The summed E-state index contributed by atoms with van der Waals surface area (Å²) < 4.78 is 0. The zero-order valence-electron chi connectivity index (χ0n) is 17.3. The third-order valence-electron chi connectivity index (χ3n) is 6.62. The van der Waals surface area contributed by atoms with Crippen LogP contribution < -0.4 is 0 Å².